The molecule has 1 atom stereocenters. The topological polar surface area (TPSA) is 26.0 Å². The molecule has 1 aliphatic rings. The van der Waals surface area contributed by atoms with Gasteiger partial charge >= 0.3 is 0 Å². The van der Waals surface area contributed by atoms with Crippen LogP contribution in [0.5, 0.6) is 0 Å². The van der Waals surface area contributed by atoms with Gasteiger partial charge < -0.3 is 5.73 Å². The number of hydrogen-bond donors (Lipinski definition) is 1. The van der Waals surface area contributed by atoms with E-state index in [1.807, 2.05) is 0 Å². The van der Waals surface area contributed by atoms with Gasteiger partial charge in [0.15, 0.2) is 0 Å². The van der Waals surface area contributed by atoms with Gasteiger partial charge in [0.1, 0.15) is 0 Å². The monoisotopic (exact) mass is 161 g/mol. The molecular weight excluding hydrogens is 146 g/mol. The Kier molecular flexibility index (Phi) is 1.52. The van der Waals surface area contributed by atoms with E-state index in [0.717, 1.165) is 12.8 Å². The van der Waals surface area contributed by atoms with E-state index in [9.17, 15) is 0 Å². The fourth-order valence-electron chi connectivity index (χ4n) is 2.09. The van der Waals surface area contributed by atoms with E-state index in [1.165, 1.54) is 16.7 Å². The average molecular weight is 161 g/mol. The van der Waals surface area contributed by atoms with Gasteiger partial charge in [-0.3, -0.25) is 0 Å². The van der Waals surface area contributed by atoms with Crippen molar-refractivity contribution in [1.29, 1.82) is 0 Å². The molecule has 2 N–H and O–H groups in total. The van der Waals surface area contributed by atoms with Crippen molar-refractivity contribution in [3.8, 4) is 0 Å². The third kappa shape index (κ3) is 0.969. The van der Waals surface area contributed by atoms with Crippen LogP contribution in [-0.4, -0.2) is 0 Å². The Morgan fingerprint density at radius 3 is 2.83 bits per heavy atom. The zero-order valence-electron chi connectivity index (χ0n) is 7.72. The lowest BCUT2D eigenvalue weighted by atomic mass is 9.94. The maximum absolute atomic E-state index is 6.16. The Labute approximate surface area is 73.6 Å². The number of aryl methyl sites for hydroxylation is 1. The minimum Gasteiger partial charge on any atom is -0.322 e. The Morgan fingerprint density at radius 1 is 1.42 bits per heavy atom. The fraction of sp³-hybridized carbons (Fsp3) is 0.455. The molecule has 0 saturated carbocycles. The van der Waals surface area contributed by atoms with Gasteiger partial charge in [-0.25, -0.2) is 0 Å². The van der Waals surface area contributed by atoms with Crippen molar-refractivity contribution in [3.05, 3.63) is 34.9 Å². The molecule has 0 bridgehead atoms. The van der Waals surface area contributed by atoms with E-state index < -0.39 is 0 Å². The van der Waals surface area contributed by atoms with Crippen LogP contribution in [0.15, 0.2) is 18.2 Å². The van der Waals surface area contributed by atoms with Crippen LogP contribution in [0.25, 0.3) is 0 Å². The van der Waals surface area contributed by atoms with Crippen molar-refractivity contribution in [2.45, 2.75) is 32.2 Å². The van der Waals surface area contributed by atoms with Crippen molar-refractivity contribution < 1.29 is 0 Å². The van der Waals surface area contributed by atoms with Crippen molar-refractivity contribution in [2.75, 3.05) is 0 Å². The molecule has 1 aromatic carbocycles. The Morgan fingerprint density at radius 2 is 2.17 bits per heavy atom. The van der Waals surface area contributed by atoms with E-state index in [2.05, 4.69) is 32.0 Å². The number of rotatable bonds is 0. The first-order chi connectivity index (χ1) is 5.61. The summed E-state index contributed by atoms with van der Waals surface area (Å²) in [4.78, 5) is 0. The number of fused-ring (bicyclic) bond motifs is 1. The molecule has 1 heteroatoms. The van der Waals surface area contributed by atoms with Crippen LogP contribution in [0.1, 0.15) is 30.0 Å². The highest BCUT2D eigenvalue weighted by Crippen LogP contribution is 2.35. The van der Waals surface area contributed by atoms with Gasteiger partial charge in [-0.05, 0) is 43.4 Å². The Hall–Kier alpha value is -0.820. The van der Waals surface area contributed by atoms with Crippen molar-refractivity contribution >= 4 is 0 Å². The summed E-state index contributed by atoms with van der Waals surface area (Å²) in [7, 11) is 0. The number of hydrogen-bond acceptors (Lipinski definition) is 1. The van der Waals surface area contributed by atoms with E-state index in [-0.39, 0.29) is 5.54 Å². The van der Waals surface area contributed by atoms with Gasteiger partial charge in [-0.2, -0.15) is 0 Å². The molecule has 2 rings (SSSR count). The summed E-state index contributed by atoms with van der Waals surface area (Å²) >= 11 is 0. The highest BCUT2D eigenvalue weighted by molar-refractivity contribution is 5.42. The van der Waals surface area contributed by atoms with Crippen molar-refractivity contribution in [2.24, 2.45) is 5.73 Å². The smallest absolute Gasteiger partial charge is 0.0387 e. The Bertz CT molecular complexity index is 313. The predicted molar refractivity (Wildman–Crippen MR) is 51.0 cm³/mol. The second-order valence-corrected chi connectivity index (χ2v) is 4.02. The minimum atomic E-state index is -0.0820. The van der Waals surface area contributed by atoms with Crippen LogP contribution in [-0.2, 0) is 12.0 Å². The molecule has 12 heavy (non-hydrogen) atoms. The van der Waals surface area contributed by atoms with Gasteiger partial charge in [0.25, 0.3) is 0 Å². The van der Waals surface area contributed by atoms with E-state index in [4.69, 9.17) is 5.73 Å². The van der Waals surface area contributed by atoms with E-state index in [0.29, 0.717) is 0 Å². The molecule has 0 amide bonds. The first kappa shape index (κ1) is 7.81. The summed E-state index contributed by atoms with van der Waals surface area (Å²) < 4.78 is 0. The molecule has 0 aromatic heterocycles. The summed E-state index contributed by atoms with van der Waals surface area (Å²) in [6.07, 6.45) is 2.24. The minimum absolute atomic E-state index is 0.0820. The first-order valence-corrected chi connectivity index (χ1v) is 4.49. The zero-order valence-corrected chi connectivity index (χ0v) is 7.72. The van der Waals surface area contributed by atoms with Crippen LogP contribution in [0.2, 0.25) is 0 Å². The SMILES string of the molecule is Cc1cccc2c1CCC2(C)N. The maximum Gasteiger partial charge on any atom is 0.0387 e. The summed E-state index contributed by atoms with van der Waals surface area (Å²) in [6.45, 7) is 4.29. The molecule has 0 saturated heterocycles. The maximum atomic E-state index is 6.16. The normalized spacial score (nSPS) is 27.2. The average Bonchev–Trinajstić information content (AvgIpc) is 2.30. The van der Waals surface area contributed by atoms with Crippen LogP contribution in [0, 0.1) is 6.92 Å². The lowest BCUT2D eigenvalue weighted by Crippen LogP contribution is -2.29. The van der Waals surface area contributed by atoms with Crippen LogP contribution < -0.4 is 5.73 Å². The second-order valence-electron chi connectivity index (χ2n) is 4.02. The highest BCUT2D eigenvalue weighted by atomic mass is 14.7. The molecule has 0 aliphatic heterocycles. The number of benzene rings is 1. The molecule has 1 aliphatic carbocycles. The summed E-state index contributed by atoms with van der Waals surface area (Å²) in [5, 5.41) is 0. The van der Waals surface area contributed by atoms with Gasteiger partial charge in [-0.15, -0.1) is 0 Å². The van der Waals surface area contributed by atoms with Crippen LogP contribution in [0.4, 0.5) is 0 Å². The molecular formula is C11H15N. The van der Waals surface area contributed by atoms with E-state index >= 15 is 0 Å². The second kappa shape index (κ2) is 2.33. The molecule has 1 nitrogen and oxygen atoms in total. The van der Waals surface area contributed by atoms with Crippen molar-refractivity contribution in [3.63, 3.8) is 0 Å². The largest absolute Gasteiger partial charge is 0.322 e. The van der Waals surface area contributed by atoms with Gasteiger partial charge in [-0.1, -0.05) is 18.2 Å². The highest BCUT2D eigenvalue weighted by Gasteiger charge is 2.30. The third-order valence-electron chi connectivity index (χ3n) is 2.92. The quantitative estimate of drug-likeness (QED) is 0.619. The first-order valence-electron chi connectivity index (χ1n) is 4.49. The van der Waals surface area contributed by atoms with E-state index in [1.54, 1.807) is 0 Å². The van der Waals surface area contributed by atoms with Crippen molar-refractivity contribution in [1.82, 2.24) is 0 Å². The molecule has 1 aromatic rings. The summed E-state index contributed by atoms with van der Waals surface area (Å²) in [5.74, 6) is 0. The van der Waals surface area contributed by atoms with Gasteiger partial charge in [0.05, 0.1) is 0 Å². The zero-order chi connectivity index (χ0) is 8.77. The molecule has 0 heterocycles. The predicted octanol–water partition coefficient (Wildman–Crippen LogP) is 2.12. The fourth-order valence-corrected chi connectivity index (χ4v) is 2.09. The summed E-state index contributed by atoms with van der Waals surface area (Å²) in [5.41, 5.74) is 10.3. The number of nitrogens with two attached hydrogens (primary N) is 1. The molecule has 0 fully saturated rings. The molecule has 0 spiro atoms. The third-order valence-corrected chi connectivity index (χ3v) is 2.92. The molecule has 1 unspecified atom stereocenters. The lowest BCUT2D eigenvalue weighted by molar-refractivity contribution is 0.492. The molecule has 64 valence electrons. The molecule has 0 radical (unpaired) electrons. The van der Waals surface area contributed by atoms with Crippen LogP contribution in [0.3, 0.4) is 0 Å². The standard InChI is InChI=1S/C11H15N/c1-8-4-3-5-10-9(8)6-7-11(10,2)12/h3-5H,6-7,12H2,1-2H3. The van der Waals surface area contributed by atoms with Gasteiger partial charge in [0, 0.05) is 5.54 Å². The Balaban J connectivity index is 2.61. The lowest BCUT2D eigenvalue weighted by Gasteiger charge is -2.18. The van der Waals surface area contributed by atoms with Crippen LogP contribution >= 0.6 is 0 Å². The summed E-state index contributed by atoms with van der Waals surface area (Å²) in [6, 6.07) is 6.43. The van der Waals surface area contributed by atoms with Gasteiger partial charge in [0.2, 0.25) is 0 Å².